The summed E-state index contributed by atoms with van der Waals surface area (Å²) in [4.78, 5) is 6.34. The van der Waals surface area contributed by atoms with Crippen LogP contribution in [0.15, 0.2) is 0 Å². The Hall–Kier alpha value is -0.450. The van der Waals surface area contributed by atoms with E-state index in [1.165, 1.54) is 41.3 Å². The molecule has 1 aromatic rings. The van der Waals surface area contributed by atoms with Crippen molar-refractivity contribution in [2.24, 2.45) is 0 Å². The molecule has 0 amide bonds. The van der Waals surface area contributed by atoms with Crippen molar-refractivity contribution >= 4 is 11.3 Å². The molecule has 2 rings (SSSR count). The third-order valence-electron chi connectivity index (χ3n) is 4.34. The molecule has 0 spiro atoms. The summed E-state index contributed by atoms with van der Waals surface area (Å²) in [5.41, 5.74) is 1.14. The zero-order valence-electron chi connectivity index (χ0n) is 13.1. The van der Waals surface area contributed by atoms with E-state index in [2.05, 4.69) is 19.2 Å². The summed E-state index contributed by atoms with van der Waals surface area (Å²) < 4.78 is 5.99. The van der Waals surface area contributed by atoms with Crippen LogP contribution in [0.1, 0.15) is 68.0 Å². The highest BCUT2D eigenvalue weighted by Crippen LogP contribution is 2.41. The van der Waals surface area contributed by atoms with Crippen LogP contribution >= 0.6 is 11.3 Å². The maximum Gasteiger partial charge on any atom is 0.125 e. The Labute approximate surface area is 127 Å². The molecule has 0 saturated heterocycles. The predicted octanol–water partition coefficient (Wildman–Crippen LogP) is 4.01. The number of thiazole rings is 1. The molecule has 3 nitrogen and oxygen atoms in total. The van der Waals surface area contributed by atoms with Crippen LogP contribution in [-0.4, -0.2) is 18.6 Å². The van der Waals surface area contributed by atoms with E-state index in [9.17, 15) is 0 Å². The third-order valence-corrected chi connectivity index (χ3v) is 5.62. The van der Waals surface area contributed by atoms with Crippen molar-refractivity contribution in [3.05, 3.63) is 15.6 Å². The van der Waals surface area contributed by atoms with Crippen molar-refractivity contribution in [3.63, 3.8) is 0 Å². The van der Waals surface area contributed by atoms with Gasteiger partial charge in [0.2, 0.25) is 0 Å². The molecular weight excluding hydrogens is 268 g/mol. The molecule has 1 fully saturated rings. The Morgan fingerprint density at radius 1 is 1.20 bits per heavy atom. The van der Waals surface area contributed by atoms with Crippen LogP contribution in [0, 0.1) is 0 Å². The number of aromatic nitrogens is 1. The molecule has 1 aromatic heterocycles. The summed E-state index contributed by atoms with van der Waals surface area (Å²) >= 11 is 1.86. The molecule has 0 unspecified atom stereocenters. The second kappa shape index (κ2) is 7.53. The standard InChI is InChI=1S/C16H28N2OS/c1-4-13-14(12-17-5-2)20-15(18-13)16(19-3)10-8-6-7-9-11-16/h17H,4-12H2,1-3H3. The Morgan fingerprint density at radius 3 is 2.45 bits per heavy atom. The third kappa shape index (κ3) is 3.41. The fourth-order valence-corrected chi connectivity index (χ4v) is 4.38. The highest BCUT2D eigenvalue weighted by atomic mass is 32.1. The minimum absolute atomic E-state index is 0.116. The molecular formula is C16H28N2OS. The SMILES string of the molecule is CCNCc1sc(C2(OC)CCCCCC2)nc1CC. The number of ether oxygens (including phenoxy) is 1. The zero-order chi connectivity index (χ0) is 14.4. The molecule has 114 valence electrons. The Kier molecular flexibility index (Phi) is 6.00. The summed E-state index contributed by atoms with van der Waals surface area (Å²) in [6, 6.07) is 0. The zero-order valence-corrected chi connectivity index (χ0v) is 13.9. The number of nitrogens with zero attached hydrogens (tertiary/aromatic N) is 1. The highest BCUT2D eigenvalue weighted by molar-refractivity contribution is 7.11. The van der Waals surface area contributed by atoms with Crippen molar-refractivity contribution in [1.82, 2.24) is 10.3 Å². The molecule has 1 saturated carbocycles. The summed E-state index contributed by atoms with van der Waals surface area (Å²) in [7, 11) is 1.86. The van der Waals surface area contributed by atoms with Gasteiger partial charge in [0.25, 0.3) is 0 Å². The lowest BCUT2D eigenvalue weighted by molar-refractivity contribution is -0.0280. The van der Waals surface area contributed by atoms with Gasteiger partial charge in [-0.3, -0.25) is 0 Å². The summed E-state index contributed by atoms with van der Waals surface area (Å²) in [6.07, 6.45) is 8.45. The van der Waals surface area contributed by atoms with Crippen molar-refractivity contribution in [1.29, 1.82) is 0 Å². The van der Waals surface area contributed by atoms with Gasteiger partial charge in [-0.1, -0.05) is 39.5 Å². The van der Waals surface area contributed by atoms with E-state index in [4.69, 9.17) is 9.72 Å². The van der Waals surface area contributed by atoms with Gasteiger partial charge >= 0.3 is 0 Å². The summed E-state index contributed by atoms with van der Waals surface area (Å²) in [5.74, 6) is 0. The van der Waals surface area contributed by atoms with Gasteiger partial charge in [0.1, 0.15) is 10.6 Å². The van der Waals surface area contributed by atoms with Crippen molar-refractivity contribution in [2.45, 2.75) is 70.9 Å². The van der Waals surface area contributed by atoms with Crippen LogP contribution in [-0.2, 0) is 23.3 Å². The van der Waals surface area contributed by atoms with Crippen LogP contribution in [0.3, 0.4) is 0 Å². The first kappa shape index (κ1) is 15.9. The van der Waals surface area contributed by atoms with Gasteiger partial charge in [0.05, 0.1) is 5.69 Å². The first-order valence-corrected chi connectivity index (χ1v) is 8.82. The second-order valence-electron chi connectivity index (χ2n) is 5.64. The molecule has 0 aromatic carbocycles. The lowest BCUT2D eigenvalue weighted by Gasteiger charge is -2.29. The topological polar surface area (TPSA) is 34.1 Å². The molecule has 4 heteroatoms. The van der Waals surface area contributed by atoms with Crippen LogP contribution in [0.2, 0.25) is 0 Å². The number of nitrogens with one attached hydrogen (secondary N) is 1. The number of rotatable bonds is 6. The van der Waals surface area contributed by atoms with Crippen molar-refractivity contribution in [3.8, 4) is 0 Å². The lowest BCUT2D eigenvalue weighted by atomic mass is 9.95. The van der Waals surface area contributed by atoms with Crippen LogP contribution in [0.25, 0.3) is 0 Å². The van der Waals surface area contributed by atoms with E-state index in [1.807, 2.05) is 18.4 Å². The van der Waals surface area contributed by atoms with Gasteiger partial charge < -0.3 is 10.1 Å². The largest absolute Gasteiger partial charge is 0.371 e. The van der Waals surface area contributed by atoms with Gasteiger partial charge in [-0.2, -0.15) is 0 Å². The molecule has 0 bridgehead atoms. The monoisotopic (exact) mass is 296 g/mol. The summed E-state index contributed by atoms with van der Waals surface area (Å²) in [6.45, 7) is 6.29. The maximum atomic E-state index is 5.99. The van der Waals surface area contributed by atoms with Gasteiger partial charge in [0.15, 0.2) is 0 Å². The molecule has 20 heavy (non-hydrogen) atoms. The minimum Gasteiger partial charge on any atom is -0.371 e. The number of hydrogen-bond donors (Lipinski definition) is 1. The molecule has 0 radical (unpaired) electrons. The van der Waals surface area contributed by atoms with E-state index in [1.54, 1.807) is 0 Å². The van der Waals surface area contributed by atoms with Crippen LogP contribution in [0.4, 0.5) is 0 Å². The number of hydrogen-bond acceptors (Lipinski definition) is 4. The average Bonchev–Trinajstić information content (AvgIpc) is 2.74. The number of methoxy groups -OCH3 is 1. The number of aryl methyl sites for hydroxylation is 1. The lowest BCUT2D eigenvalue weighted by Crippen LogP contribution is -2.27. The van der Waals surface area contributed by atoms with Gasteiger partial charge in [-0.25, -0.2) is 4.98 Å². The van der Waals surface area contributed by atoms with E-state index in [0.29, 0.717) is 0 Å². The molecule has 1 heterocycles. The second-order valence-corrected chi connectivity index (χ2v) is 6.72. The Bertz CT molecular complexity index is 409. The Balaban J connectivity index is 2.26. The van der Waals surface area contributed by atoms with Gasteiger partial charge in [0, 0.05) is 18.5 Å². The predicted molar refractivity (Wildman–Crippen MR) is 85.3 cm³/mol. The van der Waals surface area contributed by atoms with Gasteiger partial charge in [-0.05, 0) is 25.8 Å². The average molecular weight is 296 g/mol. The van der Waals surface area contributed by atoms with Crippen LogP contribution < -0.4 is 5.32 Å². The maximum absolute atomic E-state index is 5.99. The quantitative estimate of drug-likeness (QED) is 0.805. The van der Waals surface area contributed by atoms with Crippen molar-refractivity contribution < 1.29 is 4.74 Å². The molecule has 1 aliphatic rings. The van der Waals surface area contributed by atoms with Crippen molar-refractivity contribution in [2.75, 3.05) is 13.7 Å². The normalized spacial score (nSPS) is 18.9. The summed E-state index contributed by atoms with van der Waals surface area (Å²) in [5, 5.41) is 4.64. The first-order chi connectivity index (χ1) is 9.75. The smallest absolute Gasteiger partial charge is 0.125 e. The van der Waals surface area contributed by atoms with Gasteiger partial charge in [-0.15, -0.1) is 11.3 Å². The van der Waals surface area contributed by atoms with E-state index < -0.39 is 0 Å². The van der Waals surface area contributed by atoms with Crippen LogP contribution in [0.5, 0.6) is 0 Å². The Morgan fingerprint density at radius 2 is 1.90 bits per heavy atom. The van der Waals surface area contributed by atoms with E-state index in [-0.39, 0.29) is 5.60 Å². The minimum atomic E-state index is -0.116. The van der Waals surface area contributed by atoms with E-state index >= 15 is 0 Å². The fourth-order valence-electron chi connectivity index (χ4n) is 3.04. The molecule has 1 aliphatic carbocycles. The first-order valence-electron chi connectivity index (χ1n) is 8.00. The highest BCUT2D eigenvalue weighted by Gasteiger charge is 2.36. The fraction of sp³-hybridized carbons (Fsp3) is 0.812. The van der Waals surface area contributed by atoms with E-state index in [0.717, 1.165) is 32.4 Å². The molecule has 0 atom stereocenters. The molecule has 1 N–H and O–H groups in total. The molecule has 0 aliphatic heterocycles.